The minimum atomic E-state index is -0.812. The Morgan fingerprint density at radius 3 is 1.02 bits per heavy atom. The largest absolute Gasteiger partial charge is 0.462 e. The topological polar surface area (TPSA) is 78.9 Å². The standard InChI is InChI=1S/C58H94O6/c1-4-7-10-13-16-19-22-25-27-29-31-33-36-39-42-45-48-51-57(60)63-54-55(53-62-56(59)50-47-44-41-38-35-24-21-18-15-12-9-6-3)64-58(61)52-49-46-43-40-37-34-32-30-28-26-23-20-17-14-11-8-5-2/h7,9-10,12,16-21,25-28,31,33,39,42,55H,4-6,8,11,13-15,22-24,29-30,32,34-38,40-41,43-54H2,1-3H3/b10-7-,12-9-,19-16-,20-17-,21-18-,27-25-,28-26-,33-31-,42-39-. The van der Waals surface area contributed by atoms with E-state index < -0.39 is 6.10 Å². The smallest absolute Gasteiger partial charge is 0.306 e. The number of esters is 3. The van der Waals surface area contributed by atoms with Crippen LogP contribution in [0, 0.1) is 0 Å². The molecule has 1 atom stereocenters. The Morgan fingerprint density at radius 2 is 0.625 bits per heavy atom. The van der Waals surface area contributed by atoms with Gasteiger partial charge < -0.3 is 14.2 Å². The van der Waals surface area contributed by atoms with E-state index in [0.29, 0.717) is 19.3 Å². The lowest BCUT2D eigenvalue weighted by Gasteiger charge is -2.18. The van der Waals surface area contributed by atoms with Crippen LogP contribution < -0.4 is 0 Å². The van der Waals surface area contributed by atoms with Crippen molar-refractivity contribution in [2.75, 3.05) is 13.2 Å². The molecule has 0 bridgehead atoms. The van der Waals surface area contributed by atoms with Gasteiger partial charge in [0.25, 0.3) is 0 Å². The van der Waals surface area contributed by atoms with Gasteiger partial charge in [0.2, 0.25) is 0 Å². The summed E-state index contributed by atoms with van der Waals surface area (Å²) in [4.78, 5) is 38.0. The number of hydrogen-bond acceptors (Lipinski definition) is 6. The highest BCUT2D eigenvalue weighted by molar-refractivity contribution is 5.71. The average molecular weight is 887 g/mol. The molecule has 0 heterocycles. The van der Waals surface area contributed by atoms with Gasteiger partial charge >= 0.3 is 17.9 Å². The molecule has 0 rings (SSSR count). The second-order valence-corrected chi connectivity index (χ2v) is 16.7. The van der Waals surface area contributed by atoms with E-state index in [-0.39, 0.29) is 37.5 Å². The minimum Gasteiger partial charge on any atom is -0.462 e. The number of carbonyl (C=O) groups is 3. The molecular weight excluding hydrogens is 793 g/mol. The van der Waals surface area contributed by atoms with Crippen molar-refractivity contribution in [1.82, 2.24) is 0 Å². The number of unbranched alkanes of at least 4 members (excludes halogenated alkanes) is 16. The predicted octanol–water partition coefficient (Wildman–Crippen LogP) is 17.1. The van der Waals surface area contributed by atoms with Gasteiger partial charge in [-0.25, -0.2) is 0 Å². The van der Waals surface area contributed by atoms with Crippen LogP contribution in [0.15, 0.2) is 109 Å². The summed E-state index contributed by atoms with van der Waals surface area (Å²) in [5.41, 5.74) is 0. The molecule has 1 unspecified atom stereocenters. The van der Waals surface area contributed by atoms with Crippen LogP contribution in [0.5, 0.6) is 0 Å². The van der Waals surface area contributed by atoms with Crippen LogP contribution in [-0.4, -0.2) is 37.2 Å². The van der Waals surface area contributed by atoms with Gasteiger partial charge in [-0.05, 0) is 116 Å². The molecule has 6 heteroatoms. The molecule has 0 fully saturated rings. The lowest BCUT2D eigenvalue weighted by molar-refractivity contribution is -0.167. The summed E-state index contributed by atoms with van der Waals surface area (Å²) in [6.45, 7) is 6.31. The number of carbonyl (C=O) groups excluding carboxylic acids is 3. The van der Waals surface area contributed by atoms with E-state index in [4.69, 9.17) is 14.2 Å². The van der Waals surface area contributed by atoms with Crippen molar-refractivity contribution in [2.24, 2.45) is 0 Å². The van der Waals surface area contributed by atoms with Crippen molar-refractivity contribution in [3.05, 3.63) is 109 Å². The molecule has 6 nitrogen and oxygen atoms in total. The maximum atomic E-state index is 12.8. The summed E-state index contributed by atoms with van der Waals surface area (Å²) in [5, 5.41) is 0. The number of rotatable bonds is 45. The van der Waals surface area contributed by atoms with Crippen LogP contribution in [0.4, 0.5) is 0 Å². The fourth-order valence-corrected chi connectivity index (χ4v) is 6.66. The Balaban J connectivity index is 4.51. The van der Waals surface area contributed by atoms with Gasteiger partial charge in [0.1, 0.15) is 13.2 Å². The van der Waals surface area contributed by atoms with E-state index in [1.807, 2.05) is 0 Å². The normalized spacial score (nSPS) is 13.0. The Labute approximate surface area is 393 Å². The van der Waals surface area contributed by atoms with Crippen molar-refractivity contribution in [1.29, 1.82) is 0 Å². The summed E-state index contributed by atoms with van der Waals surface area (Å²) in [6.07, 6.45) is 69.3. The second-order valence-electron chi connectivity index (χ2n) is 16.7. The molecule has 0 amide bonds. The lowest BCUT2D eigenvalue weighted by Crippen LogP contribution is -2.30. The molecule has 362 valence electrons. The molecule has 0 radical (unpaired) electrons. The Hall–Kier alpha value is -3.93. The fraction of sp³-hybridized carbons (Fsp3) is 0.638. The molecule has 0 aliphatic rings. The second kappa shape index (κ2) is 51.7. The van der Waals surface area contributed by atoms with Crippen molar-refractivity contribution in [3.63, 3.8) is 0 Å². The summed E-state index contributed by atoms with van der Waals surface area (Å²) < 4.78 is 16.7. The molecule has 0 aromatic rings. The molecule has 0 saturated heterocycles. The Morgan fingerprint density at radius 1 is 0.328 bits per heavy atom. The average Bonchev–Trinajstić information content (AvgIpc) is 3.29. The third-order valence-electron chi connectivity index (χ3n) is 10.5. The van der Waals surface area contributed by atoms with Gasteiger partial charge in [-0.15, -0.1) is 0 Å². The van der Waals surface area contributed by atoms with Crippen molar-refractivity contribution in [2.45, 2.75) is 226 Å². The quantitative estimate of drug-likeness (QED) is 0.0262. The lowest BCUT2D eigenvalue weighted by atomic mass is 10.1. The van der Waals surface area contributed by atoms with E-state index in [1.165, 1.54) is 51.4 Å². The monoisotopic (exact) mass is 887 g/mol. The van der Waals surface area contributed by atoms with Gasteiger partial charge in [0, 0.05) is 19.3 Å². The molecule has 0 aromatic heterocycles. The molecule has 0 N–H and O–H groups in total. The zero-order chi connectivity index (χ0) is 46.5. The number of hydrogen-bond donors (Lipinski definition) is 0. The van der Waals surface area contributed by atoms with Crippen molar-refractivity contribution >= 4 is 17.9 Å². The SMILES string of the molecule is CC/C=C\C/C=C\C/C=C\C/C=C\C/C=C\CCCC(=O)OCC(COC(=O)CCCCCCC/C=C\C/C=C\CC)OC(=O)CCCCCCCCC/C=C\C/C=C\CCCCC. The van der Waals surface area contributed by atoms with Crippen molar-refractivity contribution in [3.8, 4) is 0 Å². The highest BCUT2D eigenvalue weighted by Gasteiger charge is 2.19. The summed E-state index contributed by atoms with van der Waals surface area (Å²) in [7, 11) is 0. The first-order chi connectivity index (χ1) is 31.5. The molecule has 0 aromatic carbocycles. The Kier molecular flexibility index (Phi) is 48.5. The van der Waals surface area contributed by atoms with Gasteiger partial charge in [0.15, 0.2) is 6.10 Å². The summed E-state index contributed by atoms with van der Waals surface area (Å²) in [6, 6.07) is 0. The highest BCUT2D eigenvalue weighted by atomic mass is 16.6. The summed E-state index contributed by atoms with van der Waals surface area (Å²) >= 11 is 0. The van der Waals surface area contributed by atoms with Crippen LogP contribution >= 0.6 is 0 Å². The first kappa shape index (κ1) is 60.1. The summed E-state index contributed by atoms with van der Waals surface area (Å²) in [5.74, 6) is -0.996. The van der Waals surface area contributed by atoms with Crippen LogP contribution in [-0.2, 0) is 28.6 Å². The minimum absolute atomic E-state index is 0.109. The van der Waals surface area contributed by atoms with E-state index in [0.717, 1.165) is 122 Å². The highest BCUT2D eigenvalue weighted by Crippen LogP contribution is 2.13. The first-order valence-electron chi connectivity index (χ1n) is 25.9. The van der Waals surface area contributed by atoms with Gasteiger partial charge in [-0.1, -0.05) is 194 Å². The third kappa shape index (κ3) is 49.1. The number of ether oxygens (including phenoxy) is 3. The molecule has 64 heavy (non-hydrogen) atoms. The molecule has 0 aliphatic heterocycles. The maximum Gasteiger partial charge on any atom is 0.306 e. The zero-order valence-electron chi connectivity index (χ0n) is 41.3. The zero-order valence-corrected chi connectivity index (χ0v) is 41.3. The number of allylic oxidation sites excluding steroid dienone is 18. The van der Waals surface area contributed by atoms with Crippen LogP contribution in [0.25, 0.3) is 0 Å². The third-order valence-corrected chi connectivity index (χ3v) is 10.5. The molecular formula is C58H94O6. The van der Waals surface area contributed by atoms with Gasteiger partial charge in [-0.2, -0.15) is 0 Å². The van der Waals surface area contributed by atoms with Crippen molar-refractivity contribution < 1.29 is 28.6 Å². The fourth-order valence-electron chi connectivity index (χ4n) is 6.66. The van der Waals surface area contributed by atoms with Crippen LogP contribution in [0.1, 0.15) is 220 Å². The van der Waals surface area contributed by atoms with Crippen LogP contribution in [0.2, 0.25) is 0 Å². The van der Waals surface area contributed by atoms with E-state index in [1.54, 1.807) is 0 Å². The maximum absolute atomic E-state index is 12.8. The van der Waals surface area contributed by atoms with E-state index in [2.05, 4.69) is 130 Å². The molecule has 0 saturated carbocycles. The van der Waals surface area contributed by atoms with Crippen LogP contribution in [0.3, 0.4) is 0 Å². The predicted molar refractivity (Wildman–Crippen MR) is 274 cm³/mol. The van der Waals surface area contributed by atoms with Gasteiger partial charge in [-0.3, -0.25) is 14.4 Å². The van der Waals surface area contributed by atoms with E-state index >= 15 is 0 Å². The first-order valence-corrected chi connectivity index (χ1v) is 25.9. The van der Waals surface area contributed by atoms with E-state index in [9.17, 15) is 14.4 Å². The molecule has 0 aliphatic carbocycles. The van der Waals surface area contributed by atoms with Gasteiger partial charge in [0.05, 0.1) is 0 Å². The Bertz CT molecular complexity index is 1340. The molecule has 0 spiro atoms.